The molecule has 20 heavy (non-hydrogen) atoms. The van der Waals surface area contributed by atoms with Crippen LogP contribution in [0.3, 0.4) is 0 Å². The molecular weight excluding hydrogens is 256 g/mol. The molecule has 106 valence electrons. The molecule has 0 aliphatic carbocycles. The average molecular weight is 274 g/mol. The minimum Gasteiger partial charge on any atom is -0.304 e. The lowest BCUT2D eigenvalue weighted by molar-refractivity contribution is -0.385. The molecule has 0 fully saturated rings. The highest BCUT2D eigenvalue weighted by molar-refractivity contribution is 5.43. The van der Waals surface area contributed by atoms with Gasteiger partial charge in [0.25, 0.3) is 5.69 Å². The van der Waals surface area contributed by atoms with Gasteiger partial charge in [0.05, 0.1) is 11.1 Å². The Labute approximate surface area is 117 Å². The third-order valence-electron chi connectivity index (χ3n) is 3.45. The quantitative estimate of drug-likeness (QED) is 0.648. The Kier molecular flexibility index (Phi) is 4.14. The number of benzene rings is 1. The fourth-order valence-electron chi connectivity index (χ4n) is 2.16. The van der Waals surface area contributed by atoms with Gasteiger partial charge in [-0.05, 0) is 26.3 Å². The van der Waals surface area contributed by atoms with Gasteiger partial charge >= 0.3 is 0 Å². The summed E-state index contributed by atoms with van der Waals surface area (Å²) in [4.78, 5) is 10.6. The van der Waals surface area contributed by atoms with Crippen LogP contribution < -0.4 is 5.32 Å². The summed E-state index contributed by atoms with van der Waals surface area (Å²) in [6.45, 7) is 5.77. The van der Waals surface area contributed by atoms with Gasteiger partial charge < -0.3 is 5.32 Å². The summed E-state index contributed by atoms with van der Waals surface area (Å²) in [5.41, 5.74) is 2.79. The van der Waals surface area contributed by atoms with Crippen molar-refractivity contribution in [2.24, 2.45) is 0 Å². The molecule has 1 heterocycles. The van der Waals surface area contributed by atoms with E-state index in [9.17, 15) is 10.1 Å². The molecule has 0 saturated carbocycles. The summed E-state index contributed by atoms with van der Waals surface area (Å²) in [6.07, 6.45) is 3.60. The van der Waals surface area contributed by atoms with Gasteiger partial charge in [0, 0.05) is 35.5 Å². The molecule has 0 aliphatic heterocycles. The topological polar surface area (TPSA) is 83.8 Å². The van der Waals surface area contributed by atoms with Crippen molar-refractivity contribution in [2.45, 2.75) is 32.9 Å². The normalized spacial score (nSPS) is 13.9. The van der Waals surface area contributed by atoms with Crippen LogP contribution in [0.25, 0.3) is 0 Å². The van der Waals surface area contributed by atoms with Crippen LogP contribution in [0.1, 0.15) is 42.6 Å². The molecule has 0 aliphatic rings. The van der Waals surface area contributed by atoms with Gasteiger partial charge in [-0.3, -0.25) is 15.2 Å². The Morgan fingerprint density at radius 3 is 2.60 bits per heavy atom. The molecule has 1 aromatic heterocycles. The first kappa shape index (κ1) is 14.2. The lowest BCUT2D eigenvalue weighted by Crippen LogP contribution is -2.22. The standard InChI is InChI=1S/C14H18N4O2/c1-9-4-5-12(6-14(9)18(19)20)10(2)17-11(3)13-7-15-16-8-13/h4-8,10-11,17H,1-3H3,(H,15,16). The van der Waals surface area contributed by atoms with E-state index in [1.54, 1.807) is 25.3 Å². The van der Waals surface area contributed by atoms with E-state index >= 15 is 0 Å². The Morgan fingerprint density at radius 1 is 1.30 bits per heavy atom. The Bertz CT molecular complexity index is 595. The Hall–Kier alpha value is -2.21. The molecule has 6 heteroatoms. The van der Waals surface area contributed by atoms with Gasteiger partial charge in [0.15, 0.2) is 0 Å². The number of rotatable bonds is 5. The van der Waals surface area contributed by atoms with Crippen molar-refractivity contribution < 1.29 is 4.92 Å². The zero-order chi connectivity index (χ0) is 14.7. The second-order valence-corrected chi connectivity index (χ2v) is 4.94. The molecule has 2 aromatic rings. The van der Waals surface area contributed by atoms with E-state index < -0.39 is 0 Å². The second kappa shape index (κ2) is 5.83. The Morgan fingerprint density at radius 2 is 2.00 bits per heavy atom. The van der Waals surface area contributed by atoms with Crippen LogP contribution in [-0.2, 0) is 0 Å². The number of nitro benzene ring substituents is 1. The van der Waals surface area contributed by atoms with E-state index in [1.807, 2.05) is 26.1 Å². The molecule has 0 radical (unpaired) electrons. The number of aromatic amines is 1. The van der Waals surface area contributed by atoms with Crippen molar-refractivity contribution in [2.75, 3.05) is 0 Å². The zero-order valence-electron chi connectivity index (χ0n) is 11.8. The van der Waals surface area contributed by atoms with Gasteiger partial charge in [-0.1, -0.05) is 12.1 Å². The van der Waals surface area contributed by atoms with Crippen LogP contribution in [0.2, 0.25) is 0 Å². The smallest absolute Gasteiger partial charge is 0.272 e. The number of H-pyrrole nitrogens is 1. The van der Waals surface area contributed by atoms with Crippen LogP contribution in [0.15, 0.2) is 30.6 Å². The maximum absolute atomic E-state index is 11.0. The van der Waals surface area contributed by atoms with Crippen molar-refractivity contribution in [1.29, 1.82) is 0 Å². The number of hydrogen-bond acceptors (Lipinski definition) is 4. The predicted octanol–water partition coefficient (Wildman–Crippen LogP) is 3.04. The highest BCUT2D eigenvalue weighted by Gasteiger charge is 2.16. The maximum Gasteiger partial charge on any atom is 0.272 e. The van der Waals surface area contributed by atoms with E-state index in [1.165, 1.54) is 0 Å². The molecule has 6 nitrogen and oxygen atoms in total. The summed E-state index contributed by atoms with van der Waals surface area (Å²) < 4.78 is 0. The monoisotopic (exact) mass is 274 g/mol. The van der Waals surface area contributed by atoms with E-state index in [0.717, 1.165) is 11.1 Å². The highest BCUT2D eigenvalue weighted by Crippen LogP contribution is 2.25. The molecule has 1 aromatic carbocycles. The van der Waals surface area contributed by atoms with Gasteiger partial charge in [-0.2, -0.15) is 5.10 Å². The largest absolute Gasteiger partial charge is 0.304 e. The van der Waals surface area contributed by atoms with Crippen molar-refractivity contribution in [3.8, 4) is 0 Å². The van der Waals surface area contributed by atoms with Gasteiger partial charge in [0.1, 0.15) is 0 Å². The first-order chi connectivity index (χ1) is 9.49. The minimum absolute atomic E-state index is 0.0131. The van der Waals surface area contributed by atoms with Gasteiger partial charge in [0.2, 0.25) is 0 Å². The molecule has 2 atom stereocenters. The summed E-state index contributed by atoms with van der Waals surface area (Å²) >= 11 is 0. The molecule has 0 spiro atoms. The first-order valence-electron chi connectivity index (χ1n) is 6.48. The van der Waals surface area contributed by atoms with Crippen molar-refractivity contribution >= 4 is 5.69 Å². The van der Waals surface area contributed by atoms with E-state index in [4.69, 9.17) is 0 Å². The van der Waals surface area contributed by atoms with Crippen LogP contribution >= 0.6 is 0 Å². The zero-order valence-corrected chi connectivity index (χ0v) is 11.8. The SMILES string of the molecule is Cc1ccc(C(C)NC(C)c2cn[nH]c2)cc1[N+](=O)[O-]. The molecule has 0 amide bonds. The molecular formula is C14H18N4O2. The second-order valence-electron chi connectivity index (χ2n) is 4.94. The van der Waals surface area contributed by atoms with Gasteiger partial charge in [-0.25, -0.2) is 0 Å². The molecule has 0 bridgehead atoms. The predicted molar refractivity (Wildman–Crippen MR) is 76.4 cm³/mol. The minimum atomic E-state index is -0.342. The summed E-state index contributed by atoms with van der Waals surface area (Å²) in [7, 11) is 0. The third kappa shape index (κ3) is 3.03. The van der Waals surface area contributed by atoms with Crippen LogP contribution in [0.4, 0.5) is 5.69 Å². The van der Waals surface area contributed by atoms with E-state index in [2.05, 4.69) is 15.5 Å². The van der Waals surface area contributed by atoms with Crippen molar-refractivity contribution in [3.05, 3.63) is 57.4 Å². The number of aryl methyl sites for hydroxylation is 1. The van der Waals surface area contributed by atoms with Crippen LogP contribution in [0, 0.1) is 17.0 Å². The summed E-state index contributed by atoms with van der Waals surface area (Å²) in [6, 6.07) is 5.47. The molecule has 0 saturated heterocycles. The number of hydrogen-bond donors (Lipinski definition) is 2. The fraction of sp³-hybridized carbons (Fsp3) is 0.357. The lowest BCUT2D eigenvalue weighted by Gasteiger charge is -2.19. The lowest BCUT2D eigenvalue weighted by atomic mass is 10.0. The third-order valence-corrected chi connectivity index (χ3v) is 3.45. The van der Waals surface area contributed by atoms with Crippen LogP contribution in [-0.4, -0.2) is 15.1 Å². The van der Waals surface area contributed by atoms with Crippen LogP contribution in [0.5, 0.6) is 0 Å². The van der Waals surface area contributed by atoms with Crippen molar-refractivity contribution in [3.63, 3.8) is 0 Å². The number of aromatic nitrogens is 2. The Balaban J connectivity index is 2.15. The molecule has 2 N–H and O–H groups in total. The fourth-order valence-corrected chi connectivity index (χ4v) is 2.16. The summed E-state index contributed by atoms with van der Waals surface area (Å²) in [5, 5.41) is 21.1. The van der Waals surface area contributed by atoms with E-state index in [-0.39, 0.29) is 22.7 Å². The van der Waals surface area contributed by atoms with Gasteiger partial charge in [-0.15, -0.1) is 0 Å². The van der Waals surface area contributed by atoms with E-state index in [0.29, 0.717) is 5.56 Å². The summed E-state index contributed by atoms with van der Waals surface area (Å²) in [5.74, 6) is 0. The first-order valence-corrected chi connectivity index (χ1v) is 6.48. The average Bonchev–Trinajstić information content (AvgIpc) is 2.92. The maximum atomic E-state index is 11.0. The highest BCUT2D eigenvalue weighted by atomic mass is 16.6. The number of nitro groups is 1. The van der Waals surface area contributed by atoms with Crippen molar-refractivity contribution in [1.82, 2.24) is 15.5 Å². The number of nitrogens with one attached hydrogen (secondary N) is 2. The molecule has 2 unspecified atom stereocenters. The molecule has 2 rings (SSSR count). The number of nitrogens with zero attached hydrogens (tertiary/aromatic N) is 2.